The molecule has 0 unspecified atom stereocenters. The average molecular weight is 279 g/mol. The lowest BCUT2D eigenvalue weighted by Crippen LogP contribution is -2.24. The maximum atomic E-state index is 11.9. The Bertz CT molecular complexity index is 654. The van der Waals surface area contributed by atoms with Crippen molar-refractivity contribution < 1.29 is 9.90 Å². The molecule has 2 aromatic carbocycles. The first-order valence-electron chi connectivity index (χ1n) is 6.77. The van der Waals surface area contributed by atoms with E-state index in [0.29, 0.717) is 13.0 Å². The standard InChI is InChI=1S/C18H17NO2/c20-11-5-10-15-8-4-9-17(12-15)14-19-18(21)13-16-6-2-1-3-7-16/h1-4,6-9,12,20H,11,13-14H2,(H,19,21). The molecule has 0 saturated carbocycles. The van der Waals surface area contributed by atoms with Crippen molar-refractivity contribution in [2.45, 2.75) is 13.0 Å². The highest BCUT2D eigenvalue weighted by Crippen LogP contribution is 2.04. The van der Waals surface area contributed by atoms with Crippen LogP contribution in [0.25, 0.3) is 0 Å². The van der Waals surface area contributed by atoms with Crippen LogP contribution >= 0.6 is 0 Å². The highest BCUT2D eigenvalue weighted by Gasteiger charge is 2.03. The van der Waals surface area contributed by atoms with Crippen molar-refractivity contribution in [2.75, 3.05) is 6.61 Å². The Morgan fingerprint density at radius 3 is 2.57 bits per heavy atom. The lowest BCUT2D eigenvalue weighted by atomic mass is 10.1. The predicted molar refractivity (Wildman–Crippen MR) is 82.4 cm³/mol. The Morgan fingerprint density at radius 1 is 1.05 bits per heavy atom. The summed E-state index contributed by atoms with van der Waals surface area (Å²) in [4.78, 5) is 11.9. The summed E-state index contributed by atoms with van der Waals surface area (Å²) in [6.07, 6.45) is 0.380. The first kappa shape index (κ1) is 14.8. The second-order valence-corrected chi connectivity index (χ2v) is 4.60. The van der Waals surface area contributed by atoms with E-state index in [0.717, 1.165) is 16.7 Å². The van der Waals surface area contributed by atoms with Crippen LogP contribution in [0.2, 0.25) is 0 Å². The van der Waals surface area contributed by atoms with Gasteiger partial charge in [-0.25, -0.2) is 0 Å². The number of amides is 1. The second-order valence-electron chi connectivity index (χ2n) is 4.60. The zero-order chi connectivity index (χ0) is 14.9. The highest BCUT2D eigenvalue weighted by atomic mass is 16.2. The van der Waals surface area contributed by atoms with Crippen LogP contribution < -0.4 is 5.32 Å². The van der Waals surface area contributed by atoms with E-state index in [-0.39, 0.29) is 12.5 Å². The van der Waals surface area contributed by atoms with Crippen molar-refractivity contribution in [1.29, 1.82) is 0 Å². The van der Waals surface area contributed by atoms with Gasteiger partial charge in [0.05, 0.1) is 6.42 Å². The van der Waals surface area contributed by atoms with Gasteiger partial charge in [0.1, 0.15) is 6.61 Å². The molecular formula is C18H17NO2. The third kappa shape index (κ3) is 5.13. The van der Waals surface area contributed by atoms with Gasteiger partial charge in [0.15, 0.2) is 0 Å². The van der Waals surface area contributed by atoms with Gasteiger partial charge < -0.3 is 10.4 Å². The van der Waals surface area contributed by atoms with Gasteiger partial charge in [0, 0.05) is 12.1 Å². The molecular weight excluding hydrogens is 262 g/mol. The maximum absolute atomic E-state index is 11.9. The molecule has 0 aliphatic carbocycles. The van der Waals surface area contributed by atoms with E-state index < -0.39 is 0 Å². The molecule has 0 heterocycles. The van der Waals surface area contributed by atoms with Gasteiger partial charge in [-0.1, -0.05) is 54.3 Å². The normalized spacial score (nSPS) is 9.57. The van der Waals surface area contributed by atoms with E-state index in [1.54, 1.807) is 0 Å². The Balaban J connectivity index is 1.89. The molecule has 0 bridgehead atoms. The summed E-state index contributed by atoms with van der Waals surface area (Å²) in [6.45, 7) is 0.318. The molecule has 0 aliphatic rings. The number of aliphatic hydroxyl groups excluding tert-OH is 1. The molecule has 0 aliphatic heterocycles. The maximum Gasteiger partial charge on any atom is 0.224 e. The van der Waals surface area contributed by atoms with Crippen LogP contribution in [-0.4, -0.2) is 17.6 Å². The Hall–Kier alpha value is -2.57. The van der Waals surface area contributed by atoms with E-state index in [2.05, 4.69) is 17.2 Å². The average Bonchev–Trinajstić information content (AvgIpc) is 2.52. The van der Waals surface area contributed by atoms with Crippen LogP contribution in [0.1, 0.15) is 16.7 Å². The Kier molecular flexibility index (Phi) is 5.57. The summed E-state index contributed by atoms with van der Waals surface area (Å²) in [6, 6.07) is 17.3. The lowest BCUT2D eigenvalue weighted by molar-refractivity contribution is -0.120. The third-order valence-electron chi connectivity index (χ3n) is 2.94. The van der Waals surface area contributed by atoms with Crippen LogP contribution in [0.3, 0.4) is 0 Å². The Labute approximate surface area is 124 Å². The number of hydrogen-bond acceptors (Lipinski definition) is 2. The molecule has 3 heteroatoms. The molecule has 0 saturated heterocycles. The second kappa shape index (κ2) is 7.88. The first-order chi connectivity index (χ1) is 10.3. The molecule has 0 radical (unpaired) electrons. The van der Waals surface area contributed by atoms with Gasteiger partial charge in [-0.2, -0.15) is 0 Å². The van der Waals surface area contributed by atoms with E-state index in [4.69, 9.17) is 5.11 Å². The van der Waals surface area contributed by atoms with Gasteiger partial charge in [-0.3, -0.25) is 4.79 Å². The number of benzene rings is 2. The summed E-state index contributed by atoms with van der Waals surface area (Å²) < 4.78 is 0. The zero-order valence-electron chi connectivity index (χ0n) is 11.7. The van der Waals surface area contributed by atoms with Crippen LogP contribution in [0.15, 0.2) is 54.6 Å². The van der Waals surface area contributed by atoms with Crippen molar-refractivity contribution in [2.24, 2.45) is 0 Å². The van der Waals surface area contributed by atoms with Crippen LogP contribution in [0, 0.1) is 11.8 Å². The number of hydrogen-bond donors (Lipinski definition) is 2. The minimum absolute atomic E-state index is 0.00644. The minimum atomic E-state index is -0.155. The van der Waals surface area contributed by atoms with Gasteiger partial charge in [-0.15, -0.1) is 0 Å². The topological polar surface area (TPSA) is 49.3 Å². The molecule has 0 fully saturated rings. The van der Waals surface area contributed by atoms with Gasteiger partial charge in [-0.05, 0) is 23.3 Å². The molecule has 2 rings (SSSR count). The SMILES string of the molecule is O=C(Cc1ccccc1)NCc1cccc(C#CCO)c1. The highest BCUT2D eigenvalue weighted by molar-refractivity contribution is 5.78. The van der Waals surface area contributed by atoms with Gasteiger partial charge in [0.2, 0.25) is 5.91 Å². The summed E-state index contributed by atoms with van der Waals surface area (Å²) in [5.74, 6) is 5.45. The van der Waals surface area contributed by atoms with Gasteiger partial charge in [0.25, 0.3) is 0 Å². The fourth-order valence-corrected chi connectivity index (χ4v) is 1.95. The van der Waals surface area contributed by atoms with Crippen LogP contribution in [-0.2, 0) is 17.8 Å². The largest absolute Gasteiger partial charge is 0.384 e. The predicted octanol–water partition coefficient (Wildman–Crippen LogP) is 1.89. The molecule has 0 spiro atoms. The zero-order valence-corrected chi connectivity index (χ0v) is 11.7. The number of rotatable bonds is 4. The summed E-state index contributed by atoms with van der Waals surface area (Å²) in [5, 5.41) is 11.6. The quantitative estimate of drug-likeness (QED) is 0.840. The fourth-order valence-electron chi connectivity index (χ4n) is 1.95. The molecule has 2 N–H and O–H groups in total. The first-order valence-corrected chi connectivity index (χ1v) is 6.77. The summed E-state index contributed by atoms with van der Waals surface area (Å²) in [5.41, 5.74) is 2.82. The molecule has 2 aromatic rings. The molecule has 21 heavy (non-hydrogen) atoms. The van der Waals surface area contributed by atoms with Crippen LogP contribution in [0.4, 0.5) is 0 Å². The fraction of sp³-hybridized carbons (Fsp3) is 0.167. The number of aliphatic hydroxyl groups is 1. The van der Waals surface area contributed by atoms with Crippen LogP contribution in [0.5, 0.6) is 0 Å². The lowest BCUT2D eigenvalue weighted by Gasteiger charge is -2.06. The van der Waals surface area contributed by atoms with Crippen molar-refractivity contribution in [3.63, 3.8) is 0 Å². The summed E-state index contributed by atoms with van der Waals surface area (Å²) >= 11 is 0. The number of nitrogens with one attached hydrogen (secondary N) is 1. The van der Waals surface area contributed by atoms with Gasteiger partial charge >= 0.3 is 0 Å². The number of carbonyl (C=O) groups is 1. The summed E-state index contributed by atoms with van der Waals surface area (Å²) in [7, 11) is 0. The Morgan fingerprint density at radius 2 is 1.81 bits per heavy atom. The molecule has 3 nitrogen and oxygen atoms in total. The molecule has 106 valence electrons. The van der Waals surface area contributed by atoms with Crippen molar-refractivity contribution in [3.05, 3.63) is 71.3 Å². The van der Waals surface area contributed by atoms with Crippen molar-refractivity contribution >= 4 is 5.91 Å². The molecule has 1 amide bonds. The number of carbonyl (C=O) groups excluding carboxylic acids is 1. The molecule has 0 atom stereocenters. The van der Waals surface area contributed by atoms with Crippen molar-refractivity contribution in [1.82, 2.24) is 5.32 Å². The van der Waals surface area contributed by atoms with E-state index in [9.17, 15) is 4.79 Å². The van der Waals surface area contributed by atoms with E-state index >= 15 is 0 Å². The van der Waals surface area contributed by atoms with E-state index in [1.807, 2.05) is 54.6 Å². The smallest absolute Gasteiger partial charge is 0.224 e. The van der Waals surface area contributed by atoms with Crippen molar-refractivity contribution in [3.8, 4) is 11.8 Å². The van der Waals surface area contributed by atoms with E-state index in [1.165, 1.54) is 0 Å². The minimum Gasteiger partial charge on any atom is -0.384 e. The monoisotopic (exact) mass is 279 g/mol. The third-order valence-corrected chi connectivity index (χ3v) is 2.94. The molecule has 0 aromatic heterocycles.